The smallest absolute Gasteiger partial charge is 0.0588 e. The highest BCUT2D eigenvalue weighted by Crippen LogP contribution is 2.36. The van der Waals surface area contributed by atoms with Crippen LogP contribution in [0.4, 0.5) is 0 Å². The van der Waals surface area contributed by atoms with Crippen LogP contribution in [0.25, 0.3) is 0 Å². The van der Waals surface area contributed by atoms with Crippen molar-refractivity contribution >= 4 is 0 Å². The van der Waals surface area contributed by atoms with Crippen LogP contribution in [0.15, 0.2) is 0 Å². The Morgan fingerprint density at radius 1 is 1.19 bits per heavy atom. The summed E-state index contributed by atoms with van der Waals surface area (Å²) in [6.07, 6.45) is 12.6. The predicted molar refractivity (Wildman–Crippen MR) is 87.7 cm³/mol. The molecule has 2 atom stereocenters. The fourth-order valence-corrected chi connectivity index (χ4v) is 4.53. The van der Waals surface area contributed by atoms with Crippen molar-refractivity contribution in [3.8, 4) is 0 Å². The summed E-state index contributed by atoms with van der Waals surface area (Å²) in [7, 11) is 0. The van der Waals surface area contributed by atoms with Crippen molar-refractivity contribution in [2.45, 2.75) is 88.8 Å². The molecule has 2 heterocycles. The average molecular weight is 294 g/mol. The zero-order valence-electron chi connectivity index (χ0n) is 14.1. The van der Waals surface area contributed by atoms with E-state index in [2.05, 4.69) is 24.1 Å². The molecule has 3 heteroatoms. The minimum absolute atomic E-state index is 0.335. The lowest BCUT2D eigenvalue weighted by molar-refractivity contribution is -0.0120. The van der Waals surface area contributed by atoms with Gasteiger partial charge in [0.2, 0.25) is 0 Å². The van der Waals surface area contributed by atoms with E-state index in [0.717, 1.165) is 13.2 Å². The van der Waals surface area contributed by atoms with E-state index in [1.54, 1.807) is 0 Å². The first-order valence-electron chi connectivity index (χ1n) is 9.28. The van der Waals surface area contributed by atoms with Crippen LogP contribution >= 0.6 is 0 Å². The van der Waals surface area contributed by atoms with Crippen molar-refractivity contribution in [3.05, 3.63) is 0 Å². The first-order chi connectivity index (χ1) is 10.2. The topological polar surface area (TPSA) is 24.5 Å². The zero-order chi connectivity index (χ0) is 14.8. The molecule has 2 unspecified atom stereocenters. The molecule has 0 amide bonds. The predicted octanol–water partition coefficient (Wildman–Crippen LogP) is 3.33. The summed E-state index contributed by atoms with van der Waals surface area (Å²) < 4.78 is 5.84. The lowest BCUT2D eigenvalue weighted by atomic mass is 9.77. The van der Waals surface area contributed by atoms with Crippen LogP contribution in [-0.4, -0.2) is 48.3 Å². The van der Waals surface area contributed by atoms with Crippen LogP contribution in [0.3, 0.4) is 0 Å². The van der Waals surface area contributed by atoms with Crippen LogP contribution in [0.2, 0.25) is 0 Å². The summed E-state index contributed by atoms with van der Waals surface area (Å²) in [5, 5.41) is 3.96. The molecular formula is C18H34N2O. The van der Waals surface area contributed by atoms with E-state index in [0.29, 0.717) is 17.2 Å². The van der Waals surface area contributed by atoms with Gasteiger partial charge in [-0.25, -0.2) is 0 Å². The summed E-state index contributed by atoms with van der Waals surface area (Å²) in [6.45, 7) is 9.42. The summed E-state index contributed by atoms with van der Waals surface area (Å²) in [6, 6.07) is 0. The highest BCUT2D eigenvalue weighted by Gasteiger charge is 2.44. The number of nitrogens with one attached hydrogen (secondary N) is 1. The minimum Gasteiger partial charge on any atom is -0.378 e. The molecule has 3 fully saturated rings. The normalized spacial score (nSPS) is 37.1. The van der Waals surface area contributed by atoms with Gasteiger partial charge in [-0.15, -0.1) is 0 Å². The fraction of sp³-hybridized carbons (Fsp3) is 1.00. The van der Waals surface area contributed by atoms with Gasteiger partial charge in [-0.05, 0) is 45.4 Å². The molecule has 3 nitrogen and oxygen atoms in total. The van der Waals surface area contributed by atoms with E-state index in [-0.39, 0.29) is 0 Å². The van der Waals surface area contributed by atoms with Crippen molar-refractivity contribution in [1.29, 1.82) is 0 Å². The second kappa shape index (κ2) is 6.55. The summed E-state index contributed by atoms with van der Waals surface area (Å²) >= 11 is 0. The number of nitrogens with zero attached hydrogens (tertiary/aromatic N) is 1. The van der Waals surface area contributed by atoms with Crippen LogP contribution in [0.5, 0.6) is 0 Å². The molecule has 0 aromatic carbocycles. The van der Waals surface area contributed by atoms with Crippen LogP contribution < -0.4 is 5.32 Å². The van der Waals surface area contributed by atoms with E-state index >= 15 is 0 Å². The Kier molecular flexibility index (Phi) is 4.92. The molecule has 1 aliphatic carbocycles. The van der Waals surface area contributed by atoms with E-state index < -0.39 is 0 Å². The van der Waals surface area contributed by atoms with E-state index in [4.69, 9.17) is 4.74 Å². The number of rotatable bonds is 4. The molecule has 0 aromatic heterocycles. The van der Waals surface area contributed by atoms with E-state index in [1.807, 2.05) is 0 Å². The van der Waals surface area contributed by atoms with Crippen LogP contribution in [0.1, 0.15) is 71.6 Å². The van der Waals surface area contributed by atoms with Gasteiger partial charge in [-0.3, -0.25) is 4.90 Å². The molecule has 3 aliphatic rings. The standard InChI is InChI=1S/C18H34N2O/c1-3-17(2)14-19-18(10-5-4-6-11-18)15-20(17)12-9-16-8-7-13-21-16/h16,19H,3-15H2,1-2H3. The van der Waals surface area contributed by atoms with E-state index in [9.17, 15) is 0 Å². The van der Waals surface area contributed by atoms with Crippen molar-refractivity contribution in [3.63, 3.8) is 0 Å². The molecule has 3 rings (SSSR count). The first-order valence-corrected chi connectivity index (χ1v) is 9.28. The second-order valence-corrected chi connectivity index (χ2v) is 7.89. The highest BCUT2D eigenvalue weighted by molar-refractivity contribution is 5.04. The van der Waals surface area contributed by atoms with Crippen LogP contribution in [0, 0.1) is 0 Å². The summed E-state index contributed by atoms with van der Waals surface area (Å²) in [5.74, 6) is 0. The summed E-state index contributed by atoms with van der Waals surface area (Å²) in [5.41, 5.74) is 0.755. The average Bonchev–Trinajstić information content (AvgIpc) is 3.03. The maximum absolute atomic E-state index is 5.84. The Balaban J connectivity index is 1.63. The third-order valence-corrected chi connectivity index (χ3v) is 6.42. The van der Waals surface area contributed by atoms with E-state index in [1.165, 1.54) is 70.9 Å². The molecule has 2 saturated heterocycles. The lowest BCUT2D eigenvalue weighted by Gasteiger charge is -2.55. The molecular weight excluding hydrogens is 260 g/mol. The van der Waals surface area contributed by atoms with Gasteiger partial charge in [0.05, 0.1) is 6.10 Å². The molecule has 1 N–H and O–H groups in total. The fourth-order valence-electron chi connectivity index (χ4n) is 4.53. The summed E-state index contributed by atoms with van der Waals surface area (Å²) in [4.78, 5) is 2.80. The Morgan fingerprint density at radius 3 is 2.67 bits per heavy atom. The molecule has 1 spiro atoms. The monoisotopic (exact) mass is 294 g/mol. The van der Waals surface area contributed by atoms with Gasteiger partial charge in [0.25, 0.3) is 0 Å². The highest BCUT2D eigenvalue weighted by atomic mass is 16.5. The van der Waals surface area contributed by atoms with Gasteiger partial charge >= 0.3 is 0 Å². The number of ether oxygens (including phenoxy) is 1. The third-order valence-electron chi connectivity index (χ3n) is 6.42. The molecule has 122 valence electrons. The lowest BCUT2D eigenvalue weighted by Crippen LogP contribution is -2.69. The molecule has 21 heavy (non-hydrogen) atoms. The largest absolute Gasteiger partial charge is 0.378 e. The quantitative estimate of drug-likeness (QED) is 0.861. The zero-order valence-corrected chi connectivity index (χ0v) is 14.1. The number of hydrogen-bond acceptors (Lipinski definition) is 3. The van der Waals surface area contributed by atoms with Gasteiger partial charge in [0.1, 0.15) is 0 Å². The maximum atomic E-state index is 5.84. The minimum atomic E-state index is 0.335. The van der Waals surface area contributed by atoms with Crippen molar-refractivity contribution in [2.75, 3.05) is 26.2 Å². The number of hydrogen-bond donors (Lipinski definition) is 1. The van der Waals surface area contributed by atoms with Crippen LogP contribution in [-0.2, 0) is 4.74 Å². The second-order valence-electron chi connectivity index (χ2n) is 7.89. The van der Waals surface area contributed by atoms with Gasteiger partial charge in [-0.1, -0.05) is 26.2 Å². The molecule has 0 radical (unpaired) electrons. The first kappa shape index (κ1) is 15.8. The molecule has 1 saturated carbocycles. The Labute approximate surface area is 130 Å². The van der Waals surface area contributed by atoms with Gasteiger partial charge < -0.3 is 10.1 Å². The maximum Gasteiger partial charge on any atom is 0.0588 e. The van der Waals surface area contributed by atoms with Crippen molar-refractivity contribution in [2.24, 2.45) is 0 Å². The van der Waals surface area contributed by atoms with Gasteiger partial charge in [0.15, 0.2) is 0 Å². The SMILES string of the molecule is CCC1(C)CNC2(CCCCC2)CN1CCC1CCCO1. The Hall–Kier alpha value is -0.120. The molecule has 0 aromatic rings. The van der Waals surface area contributed by atoms with Crippen molar-refractivity contribution < 1.29 is 4.74 Å². The molecule has 0 bridgehead atoms. The molecule has 2 aliphatic heterocycles. The van der Waals surface area contributed by atoms with Gasteiger partial charge in [0, 0.05) is 37.3 Å². The third kappa shape index (κ3) is 3.46. The number of piperazine rings is 1. The van der Waals surface area contributed by atoms with Crippen molar-refractivity contribution in [1.82, 2.24) is 10.2 Å². The Morgan fingerprint density at radius 2 is 2.00 bits per heavy atom. The Bertz CT molecular complexity index is 334. The van der Waals surface area contributed by atoms with Gasteiger partial charge in [-0.2, -0.15) is 0 Å².